The Balaban J connectivity index is 1.61. The molecule has 2 aromatic carbocycles. The highest BCUT2D eigenvalue weighted by molar-refractivity contribution is 6.14. The van der Waals surface area contributed by atoms with Crippen LogP contribution in [0.2, 0.25) is 0 Å². The number of amides is 3. The summed E-state index contributed by atoms with van der Waals surface area (Å²) >= 11 is 0. The van der Waals surface area contributed by atoms with Crippen molar-refractivity contribution in [2.75, 3.05) is 7.11 Å². The summed E-state index contributed by atoms with van der Waals surface area (Å²) in [6, 6.07) is 12.1. The first-order valence-corrected chi connectivity index (χ1v) is 10.7. The average molecular weight is 505 g/mol. The smallest absolute Gasteiger partial charge is 0.373 e. The van der Waals surface area contributed by atoms with Crippen LogP contribution in [0.1, 0.15) is 37.8 Å². The molecule has 188 valence electrons. The van der Waals surface area contributed by atoms with Crippen LogP contribution in [-0.2, 0) is 16.1 Å². The summed E-state index contributed by atoms with van der Waals surface area (Å²) in [4.78, 5) is 61.1. The zero-order valence-corrected chi connectivity index (χ0v) is 19.5. The van der Waals surface area contributed by atoms with Crippen LogP contribution in [0, 0.1) is 17.0 Å². The van der Waals surface area contributed by atoms with Crippen molar-refractivity contribution in [3.63, 3.8) is 0 Å². The molecule has 0 spiro atoms. The number of ether oxygens (including phenoxy) is 2. The van der Waals surface area contributed by atoms with Crippen molar-refractivity contribution < 1.29 is 38.0 Å². The summed E-state index contributed by atoms with van der Waals surface area (Å²) in [5.41, 5.74) is 0.583. The first-order chi connectivity index (χ1) is 17.7. The van der Waals surface area contributed by atoms with Crippen molar-refractivity contribution in [2.24, 2.45) is 0 Å². The van der Waals surface area contributed by atoms with E-state index >= 15 is 0 Å². The molecule has 3 aromatic rings. The Morgan fingerprint density at radius 1 is 1.11 bits per heavy atom. The lowest BCUT2D eigenvalue weighted by Crippen LogP contribution is -2.30. The van der Waals surface area contributed by atoms with Crippen LogP contribution in [0.3, 0.4) is 0 Å². The average Bonchev–Trinajstić information content (AvgIpc) is 3.44. The molecule has 37 heavy (non-hydrogen) atoms. The van der Waals surface area contributed by atoms with E-state index in [1.54, 1.807) is 31.2 Å². The highest BCUT2D eigenvalue weighted by atomic mass is 16.6. The predicted octanol–water partition coefficient (Wildman–Crippen LogP) is 3.59. The second kappa shape index (κ2) is 10.2. The maximum absolute atomic E-state index is 12.9. The summed E-state index contributed by atoms with van der Waals surface area (Å²) in [5, 5.41) is 13.7. The number of carbonyl (C=O) groups excluding carboxylic acids is 4. The van der Waals surface area contributed by atoms with E-state index in [9.17, 15) is 29.3 Å². The lowest BCUT2D eigenvalue weighted by atomic mass is 10.1. The van der Waals surface area contributed by atoms with E-state index in [0.29, 0.717) is 0 Å². The molecule has 1 saturated heterocycles. The number of urea groups is 1. The third kappa shape index (κ3) is 5.37. The van der Waals surface area contributed by atoms with Crippen LogP contribution in [0.5, 0.6) is 5.75 Å². The summed E-state index contributed by atoms with van der Waals surface area (Å²) < 4.78 is 15.3. The number of aryl methyl sites for hydroxylation is 1. The number of non-ortho nitro benzene ring substituents is 1. The summed E-state index contributed by atoms with van der Waals surface area (Å²) in [6.45, 7) is 1.51. The summed E-state index contributed by atoms with van der Waals surface area (Å²) in [6.07, 6.45) is 1.17. The quantitative estimate of drug-likeness (QED) is 0.126. The third-order valence-corrected chi connectivity index (χ3v) is 5.28. The number of esters is 2. The Morgan fingerprint density at radius 3 is 2.59 bits per heavy atom. The third-order valence-electron chi connectivity index (χ3n) is 5.28. The van der Waals surface area contributed by atoms with Crippen LogP contribution in [-0.4, -0.2) is 40.8 Å². The normalized spacial score (nSPS) is 14.0. The van der Waals surface area contributed by atoms with Gasteiger partial charge in [0.1, 0.15) is 17.2 Å². The number of carbonyl (C=O) groups is 4. The van der Waals surface area contributed by atoms with Crippen molar-refractivity contribution in [2.45, 2.75) is 13.5 Å². The molecule has 0 unspecified atom stereocenters. The molecule has 1 aliphatic heterocycles. The standard InChI is InChI=1S/C25H19N3O9/c1-14-4-3-5-15(10-14)23(30)37-20-8-6-17(28(33)34)11-16(20)12-19-22(29)27(25(32)26-19)13-18-7-9-21(36-18)24(31)35-2/h3-12H,13H2,1-2H3,(H,26,32)/b19-12-. The number of benzene rings is 2. The van der Waals surface area contributed by atoms with E-state index in [0.717, 1.165) is 22.6 Å². The second-order valence-electron chi connectivity index (χ2n) is 7.88. The Labute approximate surface area is 209 Å². The molecule has 0 aliphatic carbocycles. The van der Waals surface area contributed by atoms with E-state index in [-0.39, 0.29) is 46.3 Å². The Morgan fingerprint density at radius 2 is 1.89 bits per heavy atom. The Kier molecular flexibility index (Phi) is 6.82. The molecule has 1 aliphatic rings. The maximum atomic E-state index is 12.9. The van der Waals surface area contributed by atoms with Crippen molar-refractivity contribution in [3.05, 3.63) is 98.6 Å². The number of nitrogens with zero attached hydrogens (tertiary/aromatic N) is 2. The van der Waals surface area contributed by atoms with Crippen molar-refractivity contribution in [3.8, 4) is 5.75 Å². The summed E-state index contributed by atoms with van der Waals surface area (Å²) in [7, 11) is 1.18. The van der Waals surface area contributed by atoms with Crippen molar-refractivity contribution in [1.29, 1.82) is 0 Å². The van der Waals surface area contributed by atoms with Crippen molar-refractivity contribution in [1.82, 2.24) is 10.2 Å². The van der Waals surface area contributed by atoms with Crippen molar-refractivity contribution >= 4 is 35.6 Å². The van der Waals surface area contributed by atoms with E-state index in [1.165, 1.54) is 31.4 Å². The van der Waals surface area contributed by atoms with E-state index < -0.39 is 28.8 Å². The van der Waals surface area contributed by atoms with Gasteiger partial charge in [0.05, 0.1) is 24.1 Å². The van der Waals surface area contributed by atoms with Gasteiger partial charge in [-0.2, -0.15) is 0 Å². The molecule has 12 nitrogen and oxygen atoms in total. The fraction of sp³-hybridized carbons (Fsp3) is 0.120. The number of nitrogens with one attached hydrogen (secondary N) is 1. The molecule has 1 N–H and O–H groups in total. The maximum Gasteiger partial charge on any atom is 0.373 e. The number of furan rings is 1. The van der Waals surface area contributed by atoms with E-state index in [4.69, 9.17) is 9.15 Å². The molecular weight excluding hydrogens is 486 g/mol. The van der Waals surface area contributed by atoms with Gasteiger partial charge in [-0.3, -0.25) is 19.8 Å². The van der Waals surface area contributed by atoms with Gasteiger partial charge in [-0.1, -0.05) is 17.7 Å². The van der Waals surface area contributed by atoms with Gasteiger partial charge >= 0.3 is 18.0 Å². The molecule has 1 aromatic heterocycles. The van der Waals surface area contributed by atoms with Gasteiger partial charge in [0.25, 0.3) is 11.6 Å². The number of rotatable bonds is 7. The summed E-state index contributed by atoms with van der Waals surface area (Å²) in [5.74, 6) is -2.20. The minimum atomic E-state index is -0.781. The molecule has 2 heterocycles. The van der Waals surface area contributed by atoms with Crippen LogP contribution in [0.4, 0.5) is 10.5 Å². The molecule has 0 radical (unpaired) electrons. The minimum absolute atomic E-state index is 0.0201. The minimum Gasteiger partial charge on any atom is -0.463 e. The number of nitro groups is 1. The van der Waals surface area contributed by atoms with E-state index in [2.05, 4.69) is 10.1 Å². The lowest BCUT2D eigenvalue weighted by Gasteiger charge is -2.10. The highest BCUT2D eigenvalue weighted by Gasteiger charge is 2.35. The van der Waals surface area contributed by atoms with Gasteiger partial charge < -0.3 is 19.2 Å². The number of hydrogen-bond donors (Lipinski definition) is 1. The molecule has 4 rings (SSSR count). The molecule has 0 atom stereocenters. The van der Waals surface area contributed by atoms with Gasteiger partial charge in [-0.25, -0.2) is 14.4 Å². The Bertz CT molecular complexity index is 1470. The zero-order valence-electron chi connectivity index (χ0n) is 19.5. The first kappa shape index (κ1) is 24.9. The second-order valence-corrected chi connectivity index (χ2v) is 7.88. The number of imide groups is 1. The largest absolute Gasteiger partial charge is 0.463 e. The Hall–Kier alpha value is -5.26. The van der Waals surface area contributed by atoms with Crippen LogP contribution in [0.15, 0.2) is 64.7 Å². The molecule has 12 heteroatoms. The fourth-order valence-corrected chi connectivity index (χ4v) is 3.49. The molecule has 1 fully saturated rings. The molecule has 3 amide bonds. The molecular formula is C25H19N3O9. The fourth-order valence-electron chi connectivity index (χ4n) is 3.49. The number of hydrogen-bond acceptors (Lipinski definition) is 9. The molecule has 0 bridgehead atoms. The van der Waals surface area contributed by atoms with Gasteiger partial charge in [0, 0.05) is 17.7 Å². The highest BCUT2D eigenvalue weighted by Crippen LogP contribution is 2.28. The predicted molar refractivity (Wildman–Crippen MR) is 126 cm³/mol. The van der Waals surface area contributed by atoms with Gasteiger partial charge in [0.15, 0.2) is 0 Å². The zero-order chi connectivity index (χ0) is 26.7. The number of nitro benzene ring substituents is 1. The SMILES string of the molecule is COC(=O)c1ccc(CN2C(=O)N/C(=C\c3cc([N+](=O)[O-])ccc3OC(=O)c3cccc(C)c3)C2=O)o1. The lowest BCUT2D eigenvalue weighted by molar-refractivity contribution is -0.384. The van der Waals surface area contributed by atoms with Crippen LogP contribution < -0.4 is 10.1 Å². The topological polar surface area (TPSA) is 158 Å². The van der Waals surface area contributed by atoms with Gasteiger partial charge in [0.2, 0.25) is 5.76 Å². The van der Waals surface area contributed by atoms with Crippen LogP contribution >= 0.6 is 0 Å². The number of methoxy groups -OCH3 is 1. The van der Waals surface area contributed by atoms with Gasteiger partial charge in [-0.05, 0) is 43.3 Å². The van der Waals surface area contributed by atoms with E-state index in [1.807, 2.05) is 0 Å². The monoisotopic (exact) mass is 505 g/mol. The molecule has 0 saturated carbocycles. The van der Waals surface area contributed by atoms with Crippen LogP contribution in [0.25, 0.3) is 6.08 Å². The van der Waals surface area contributed by atoms with Gasteiger partial charge in [-0.15, -0.1) is 0 Å². The first-order valence-electron chi connectivity index (χ1n) is 10.7.